The molecule has 3 heteroatoms. The summed E-state index contributed by atoms with van der Waals surface area (Å²) in [5.41, 5.74) is 14.9. The standard InChI is InChI=1S/C48H35N3/c1-48(2)42-30-36(32-16-7-3-8-17-32)26-28-39(42)40-29-27-37(31-43(40)48)44-38(33-18-9-4-10-19-33)24-15-25-41(44)47-50-45(34-20-11-5-12-21-34)49-46(51-47)35-22-13-6-14-23-35/h3-31H,1-2H3. The van der Waals surface area contributed by atoms with Crippen LogP contribution in [0.5, 0.6) is 0 Å². The van der Waals surface area contributed by atoms with Crippen molar-refractivity contribution in [2.45, 2.75) is 19.3 Å². The number of aromatic nitrogens is 3. The highest BCUT2D eigenvalue weighted by atomic mass is 15.0. The van der Waals surface area contributed by atoms with Gasteiger partial charge in [0.2, 0.25) is 0 Å². The molecule has 0 aliphatic heterocycles. The molecule has 0 saturated carbocycles. The summed E-state index contributed by atoms with van der Waals surface area (Å²) < 4.78 is 0. The molecule has 1 heterocycles. The van der Waals surface area contributed by atoms with E-state index in [0.29, 0.717) is 17.5 Å². The Morgan fingerprint density at radius 2 is 0.745 bits per heavy atom. The molecule has 3 nitrogen and oxygen atoms in total. The molecule has 0 atom stereocenters. The summed E-state index contributed by atoms with van der Waals surface area (Å²) in [5, 5.41) is 0. The summed E-state index contributed by atoms with van der Waals surface area (Å²) in [6.07, 6.45) is 0. The Balaban J connectivity index is 1.25. The molecular weight excluding hydrogens is 619 g/mol. The number of hydrogen-bond acceptors (Lipinski definition) is 3. The van der Waals surface area contributed by atoms with Crippen molar-refractivity contribution < 1.29 is 0 Å². The molecule has 1 aromatic heterocycles. The molecular formula is C48H35N3. The molecule has 0 saturated heterocycles. The number of nitrogens with zero attached hydrogens (tertiary/aromatic N) is 3. The minimum absolute atomic E-state index is 0.193. The van der Waals surface area contributed by atoms with Crippen LogP contribution in [0.3, 0.4) is 0 Å². The highest BCUT2D eigenvalue weighted by Gasteiger charge is 2.36. The molecule has 0 bridgehead atoms. The van der Waals surface area contributed by atoms with Crippen LogP contribution in [0.2, 0.25) is 0 Å². The Morgan fingerprint density at radius 1 is 0.314 bits per heavy atom. The van der Waals surface area contributed by atoms with Crippen LogP contribution in [0.4, 0.5) is 0 Å². The van der Waals surface area contributed by atoms with E-state index in [-0.39, 0.29) is 5.41 Å². The van der Waals surface area contributed by atoms with E-state index in [0.717, 1.165) is 38.9 Å². The number of fused-ring (bicyclic) bond motifs is 3. The van der Waals surface area contributed by atoms with Gasteiger partial charge in [-0.05, 0) is 62.2 Å². The lowest BCUT2D eigenvalue weighted by atomic mass is 9.80. The van der Waals surface area contributed by atoms with Gasteiger partial charge in [0.15, 0.2) is 17.5 Å². The van der Waals surface area contributed by atoms with Crippen LogP contribution < -0.4 is 0 Å². The maximum Gasteiger partial charge on any atom is 0.164 e. The molecule has 0 unspecified atom stereocenters. The fourth-order valence-electron chi connectivity index (χ4n) is 7.54. The summed E-state index contributed by atoms with van der Waals surface area (Å²) in [5.74, 6) is 1.94. The molecule has 9 rings (SSSR count). The Labute approximate surface area is 299 Å². The van der Waals surface area contributed by atoms with Crippen LogP contribution in [0, 0.1) is 0 Å². The topological polar surface area (TPSA) is 38.7 Å². The van der Waals surface area contributed by atoms with Gasteiger partial charge in [0.1, 0.15) is 0 Å². The van der Waals surface area contributed by atoms with Crippen molar-refractivity contribution in [2.24, 2.45) is 0 Å². The summed E-state index contributed by atoms with van der Waals surface area (Å²) in [6.45, 7) is 4.70. The second kappa shape index (κ2) is 12.5. The molecule has 1 aliphatic carbocycles. The number of benzene rings is 7. The third-order valence-electron chi connectivity index (χ3n) is 10.2. The van der Waals surface area contributed by atoms with Crippen LogP contribution in [0.25, 0.3) is 78.7 Å². The normalized spacial score (nSPS) is 12.7. The zero-order valence-electron chi connectivity index (χ0n) is 28.6. The van der Waals surface area contributed by atoms with Crippen molar-refractivity contribution in [1.29, 1.82) is 0 Å². The lowest BCUT2D eigenvalue weighted by molar-refractivity contribution is 0.661. The SMILES string of the molecule is CC1(C)c2cc(-c3ccccc3)ccc2-c2ccc(-c3c(-c4ccccc4)cccc3-c3nc(-c4ccccc4)nc(-c4ccccc4)n3)cc21. The van der Waals surface area contributed by atoms with Gasteiger partial charge in [-0.15, -0.1) is 0 Å². The fourth-order valence-corrected chi connectivity index (χ4v) is 7.54. The van der Waals surface area contributed by atoms with Gasteiger partial charge in [-0.3, -0.25) is 0 Å². The highest BCUT2D eigenvalue weighted by Crippen LogP contribution is 2.51. The van der Waals surface area contributed by atoms with E-state index in [9.17, 15) is 0 Å². The van der Waals surface area contributed by atoms with Gasteiger partial charge in [0, 0.05) is 27.7 Å². The summed E-state index contributed by atoms with van der Waals surface area (Å²) >= 11 is 0. The van der Waals surface area contributed by atoms with Crippen molar-refractivity contribution in [3.8, 4) is 78.7 Å². The second-order valence-corrected chi connectivity index (χ2v) is 13.6. The fraction of sp³-hybridized carbons (Fsp3) is 0.0625. The van der Waals surface area contributed by atoms with Gasteiger partial charge in [0.25, 0.3) is 0 Å². The van der Waals surface area contributed by atoms with Crippen LogP contribution >= 0.6 is 0 Å². The quantitative estimate of drug-likeness (QED) is 0.179. The predicted molar refractivity (Wildman–Crippen MR) is 210 cm³/mol. The molecule has 1 aliphatic rings. The summed E-state index contributed by atoms with van der Waals surface area (Å²) in [7, 11) is 0. The number of hydrogen-bond donors (Lipinski definition) is 0. The van der Waals surface area contributed by atoms with Crippen LogP contribution in [0.15, 0.2) is 176 Å². The molecule has 242 valence electrons. The maximum absolute atomic E-state index is 5.17. The largest absolute Gasteiger partial charge is 0.208 e. The zero-order chi connectivity index (χ0) is 34.4. The average molecular weight is 654 g/mol. The lowest BCUT2D eigenvalue weighted by Gasteiger charge is -2.23. The van der Waals surface area contributed by atoms with E-state index in [4.69, 9.17) is 15.0 Å². The van der Waals surface area contributed by atoms with Gasteiger partial charge < -0.3 is 0 Å². The lowest BCUT2D eigenvalue weighted by Crippen LogP contribution is -2.15. The third kappa shape index (κ3) is 5.44. The Hall–Kier alpha value is -6.45. The molecule has 0 spiro atoms. The van der Waals surface area contributed by atoms with E-state index >= 15 is 0 Å². The van der Waals surface area contributed by atoms with Crippen molar-refractivity contribution in [3.63, 3.8) is 0 Å². The van der Waals surface area contributed by atoms with E-state index in [1.807, 2.05) is 36.4 Å². The second-order valence-electron chi connectivity index (χ2n) is 13.6. The smallest absolute Gasteiger partial charge is 0.164 e. The highest BCUT2D eigenvalue weighted by molar-refractivity contribution is 5.95. The van der Waals surface area contributed by atoms with Gasteiger partial charge in [-0.25, -0.2) is 15.0 Å². The van der Waals surface area contributed by atoms with Crippen molar-refractivity contribution >= 4 is 0 Å². The van der Waals surface area contributed by atoms with Crippen LogP contribution in [-0.4, -0.2) is 15.0 Å². The molecule has 8 aromatic rings. The Kier molecular flexibility index (Phi) is 7.48. The first-order valence-electron chi connectivity index (χ1n) is 17.5. The molecule has 0 radical (unpaired) electrons. The van der Waals surface area contributed by atoms with E-state index < -0.39 is 0 Å². The van der Waals surface area contributed by atoms with Gasteiger partial charge in [-0.2, -0.15) is 0 Å². The summed E-state index contributed by atoms with van der Waals surface area (Å²) in [6, 6.07) is 62.0. The monoisotopic (exact) mass is 653 g/mol. The Morgan fingerprint density at radius 3 is 1.29 bits per heavy atom. The van der Waals surface area contributed by atoms with Gasteiger partial charge >= 0.3 is 0 Å². The zero-order valence-corrected chi connectivity index (χ0v) is 28.6. The first-order valence-corrected chi connectivity index (χ1v) is 17.5. The summed E-state index contributed by atoms with van der Waals surface area (Å²) in [4.78, 5) is 15.3. The van der Waals surface area contributed by atoms with E-state index in [2.05, 4.69) is 153 Å². The maximum atomic E-state index is 5.17. The van der Waals surface area contributed by atoms with Crippen LogP contribution in [0.1, 0.15) is 25.0 Å². The van der Waals surface area contributed by atoms with Crippen molar-refractivity contribution in [3.05, 3.63) is 187 Å². The molecule has 0 fully saturated rings. The predicted octanol–water partition coefficient (Wildman–Crippen LogP) is 12.2. The van der Waals surface area contributed by atoms with Gasteiger partial charge in [0.05, 0.1) is 0 Å². The van der Waals surface area contributed by atoms with Crippen molar-refractivity contribution in [1.82, 2.24) is 15.0 Å². The average Bonchev–Trinajstić information content (AvgIpc) is 3.43. The molecule has 51 heavy (non-hydrogen) atoms. The van der Waals surface area contributed by atoms with E-state index in [1.54, 1.807) is 0 Å². The van der Waals surface area contributed by atoms with Crippen molar-refractivity contribution in [2.75, 3.05) is 0 Å². The minimum atomic E-state index is -0.193. The molecule has 0 amide bonds. The Bertz CT molecular complexity index is 2470. The van der Waals surface area contributed by atoms with Gasteiger partial charge in [-0.1, -0.05) is 178 Å². The minimum Gasteiger partial charge on any atom is -0.208 e. The number of rotatable bonds is 6. The first-order chi connectivity index (χ1) is 25.0. The first kappa shape index (κ1) is 30.6. The van der Waals surface area contributed by atoms with E-state index in [1.165, 1.54) is 33.4 Å². The molecule has 7 aromatic carbocycles. The molecule has 0 N–H and O–H groups in total. The van der Waals surface area contributed by atoms with Crippen LogP contribution in [-0.2, 0) is 5.41 Å². The third-order valence-corrected chi connectivity index (χ3v) is 10.2.